The van der Waals surface area contributed by atoms with Crippen molar-refractivity contribution >= 4 is 43.5 Å². The Balaban J connectivity index is 2.03. The summed E-state index contributed by atoms with van der Waals surface area (Å²) in [5.74, 6) is -0.408. The third-order valence-electron chi connectivity index (χ3n) is 5.78. The second kappa shape index (κ2) is 12.7. The lowest BCUT2D eigenvalue weighted by molar-refractivity contribution is -0.139. The minimum absolute atomic E-state index is 0.110. The van der Waals surface area contributed by atoms with Crippen LogP contribution in [-0.2, 0) is 32.6 Å². The van der Waals surface area contributed by atoms with E-state index in [1.807, 2.05) is 54.6 Å². The molecule has 0 saturated carbocycles. The molecule has 196 valence electrons. The van der Waals surface area contributed by atoms with Gasteiger partial charge < -0.3 is 15.0 Å². The normalized spacial score (nSPS) is 11.9. The van der Waals surface area contributed by atoms with E-state index >= 15 is 0 Å². The second-order valence-electron chi connectivity index (χ2n) is 8.44. The molecule has 0 aliphatic rings. The minimum Gasteiger partial charge on any atom is -0.497 e. The van der Waals surface area contributed by atoms with Crippen LogP contribution in [0, 0.1) is 0 Å². The van der Waals surface area contributed by atoms with Crippen molar-refractivity contribution in [3.8, 4) is 5.75 Å². The first-order valence-electron chi connectivity index (χ1n) is 11.5. The highest BCUT2D eigenvalue weighted by atomic mass is 79.9. The van der Waals surface area contributed by atoms with E-state index in [1.165, 1.54) is 19.1 Å². The van der Waals surface area contributed by atoms with Crippen LogP contribution in [0.15, 0.2) is 83.3 Å². The SMILES string of the molecule is CNC(=O)C(Cc1ccccc1)N(Cc1cccc(Br)c1)C(=O)CN(c1cccc(OC)c1)S(C)(=O)=O. The zero-order chi connectivity index (χ0) is 27.0. The summed E-state index contributed by atoms with van der Waals surface area (Å²) in [5, 5.41) is 2.66. The lowest BCUT2D eigenvalue weighted by Crippen LogP contribution is -2.52. The van der Waals surface area contributed by atoms with Crippen molar-refractivity contribution in [3.05, 3.63) is 94.5 Å². The van der Waals surface area contributed by atoms with E-state index in [9.17, 15) is 18.0 Å². The fourth-order valence-electron chi connectivity index (χ4n) is 3.93. The van der Waals surface area contributed by atoms with Crippen LogP contribution < -0.4 is 14.4 Å². The number of hydrogen-bond donors (Lipinski definition) is 1. The molecule has 1 atom stereocenters. The predicted molar refractivity (Wildman–Crippen MR) is 148 cm³/mol. The van der Waals surface area contributed by atoms with Gasteiger partial charge in [0.25, 0.3) is 0 Å². The van der Waals surface area contributed by atoms with Gasteiger partial charge >= 0.3 is 0 Å². The Morgan fingerprint density at radius 1 is 0.973 bits per heavy atom. The molecule has 0 radical (unpaired) electrons. The van der Waals surface area contributed by atoms with E-state index < -0.39 is 28.5 Å². The molecule has 0 heterocycles. The molecule has 10 heteroatoms. The monoisotopic (exact) mass is 587 g/mol. The number of ether oxygens (including phenoxy) is 1. The number of benzene rings is 3. The molecule has 3 aromatic carbocycles. The average Bonchev–Trinajstić information content (AvgIpc) is 2.88. The molecule has 0 saturated heterocycles. The van der Waals surface area contributed by atoms with Crippen LogP contribution in [0.1, 0.15) is 11.1 Å². The van der Waals surface area contributed by atoms with E-state index in [1.54, 1.807) is 24.3 Å². The summed E-state index contributed by atoms with van der Waals surface area (Å²) in [6, 6.07) is 22.4. The maximum atomic E-state index is 13.9. The Morgan fingerprint density at radius 3 is 2.27 bits per heavy atom. The zero-order valence-electron chi connectivity index (χ0n) is 20.9. The van der Waals surface area contributed by atoms with Gasteiger partial charge in [-0.05, 0) is 35.4 Å². The van der Waals surface area contributed by atoms with Gasteiger partial charge in [0.2, 0.25) is 21.8 Å². The molecule has 3 rings (SSSR count). The summed E-state index contributed by atoms with van der Waals surface area (Å²) < 4.78 is 32.6. The summed E-state index contributed by atoms with van der Waals surface area (Å²) in [5.41, 5.74) is 1.95. The lowest BCUT2D eigenvalue weighted by atomic mass is 10.0. The minimum atomic E-state index is -3.84. The Bertz CT molecular complexity index is 1330. The van der Waals surface area contributed by atoms with Gasteiger partial charge in [0.15, 0.2) is 0 Å². The van der Waals surface area contributed by atoms with E-state index in [0.29, 0.717) is 5.75 Å². The van der Waals surface area contributed by atoms with Crippen LogP contribution >= 0.6 is 15.9 Å². The number of halogens is 1. The number of methoxy groups -OCH3 is 1. The summed E-state index contributed by atoms with van der Waals surface area (Å²) in [6.45, 7) is -0.374. The van der Waals surface area contributed by atoms with E-state index in [4.69, 9.17) is 4.74 Å². The molecule has 0 bridgehead atoms. The number of carbonyl (C=O) groups is 2. The highest BCUT2D eigenvalue weighted by Gasteiger charge is 2.32. The summed E-state index contributed by atoms with van der Waals surface area (Å²) in [4.78, 5) is 28.4. The maximum Gasteiger partial charge on any atom is 0.244 e. The van der Waals surface area contributed by atoms with E-state index in [0.717, 1.165) is 26.2 Å². The lowest BCUT2D eigenvalue weighted by Gasteiger charge is -2.33. The van der Waals surface area contributed by atoms with Crippen molar-refractivity contribution in [1.29, 1.82) is 0 Å². The summed E-state index contributed by atoms with van der Waals surface area (Å²) >= 11 is 3.45. The van der Waals surface area contributed by atoms with Gasteiger partial charge in [0.1, 0.15) is 18.3 Å². The molecule has 1 unspecified atom stereocenters. The van der Waals surface area contributed by atoms with Crippen molar-refractivity contribution in [2.75, 3.05) is 31.3 Å². The van der Waals surface area contributed by atoms with Gasteiger partial charge in [-0.2, -0.15) is 0 Å². The van der Waals surface area contributed by atoms with Crippen LogP contribution in [-0.4, -0.2) is 58.1 Å². The number of likely N-dealkylation sites (N-methyl/N-ethyl adjacent to an activating group) is 1. The molecule has 0 aliphatic carbocycles. The summed E-state index contributed by atoms with van der Waals surface area (Å²) in [6.07, 6.45) is 1.30. The highest BCUT2D eigenvalue weighted by molar-refractivity contribution is 9.10. The van der Waals surface area contributed by atoms with Gasteiger partial charge in [-0.3, -0.25) is 13.9 Å². The summed E-state index contributed by atoms with van der Waals surface area (Å²) in [7, 11) is -0.846. The zero-order valence-corrected chi connectivity index (χ0v) is 23.3. The molecule has 3 aromatic rings. The Labute approximate surface area is 226 Å². The van der Waals surface area contributed by atoms with Crippen LogP contribution in [0.25, 0.3) is 0 Å². The van der Waals surface area contributed by atoms with Crippen LogP contribution in [0.5, 0.6) is 5.75 Å². The molecular weight excluding hydrogens is 558 g/mol. The van der Waals surface area contributed by atoms with Crippen molar-refractivity contribution in [3.63, 3.8) is 0 Å². The van der Waals surface area contributed by atoms with Crippen molar-refractivity contribution in [1.82, 2.24) is 10.2 Å². The number of carbonyl (C=O) groups excluding carboxylic acids is 2. The Hall–Kier alpha value is -3.37. The topological polar surface area (TPSA) is 96.0 Å². The van der Waals surface area contributed by atoms with Gasteiger partial charge in [-0.15, -0.1) is 0 Å². The quantitative estimate of drug-likeness (QED) is 0.370. The molecule has 8 nitrogen and oxygen atoms in total. The molecule has 37 heavy (non-hydrogen) atoms. The number of nitrogens with zero attached hydrogens (tertiary/aromatic N) is 2. The second-order valence-corrected chi connectivity index (χ2v) is 11.3. The van der Waals surface area contributed by atoms with E-state index in [2.05, 4.69) is 21.2 Å². The predicted octanol–water partition coefficient (Wildman–Crippen LogP) is 3.61. The number of rotatable bonds is 11. The maximum absolute atomic E-state index is 13.9. The average molecular weight is 589 g/mol. The Morgan fingerprint density at radius 2 is 1.65 bits per heavy atom. The molecule has 0 fully saturated rings. The smallest absolute Gasteiger partial charge is 0.244 e. The first-order valence-corrected chi connectivity index (χ1v) is 14.2. The number of amides is 2. The number of sulfonamides is 1. The van der Waals surface area contributed by atoms with Gasteiger partial charge in [-0.1, -0.05) is 64.5 Å². The molecular formula is C27H30BrN3O5S. The third kappa shape index (κ3) is 7.80. The number of hydrogen-bond acceptors (Lipinski definition) is 5. The standard InChI is InChI=1S/C27H30BrN3O5S/c1-29-27(33)25(16-20-9-5-4-6-10-20)30(18-21-11-7-12-22(28)15-21)26(32)19-31(37(3,34)35)23-13-8-14-24(17-23)36-2/h4-15,17,25H,16,18-19H2,1-3H3,(H,29,33). The van der Waals surface area contributed by atoms with Gasteiger partial charge in [-0.25, -0.2) is 8.42 Å². The first-order chi connectivity index (χ1) is 17.6. The fraction of sp³-hybridized carbons (Fsp3) is 0.259. The molecule has 2 amide bonds. The third-order valence-corrected chi connectivity index (χ3v) is 7.41. The van der Waals surface area contributed by atoms with Crippen molar-refractivity contribution in [2.45, 2.75) is 19.0 Å². The number of nitrogens with one attached hydrogen (secondary N) is 1. The van der Waals surface area contributed by atoms with Gasteiger partial charge in [0.05, 0.1) is 19.1 Å². The van der Waals surface area contributed by atoms with E-state index in [-0.39, 0.29) is 24.6 Å². The van der Waals surface area contributed by atoms with Gasteiger partial charge in [0, 0.05) is 30.6 Å². The van der Waals surface area contributed by atoms with Crippen LogP contribution in [0.2, 0.25) is 0 Å². The van der Waals surface area contributed by atoms with Crippen LogP contribution in [0.4, 0.5) is 5.69 Å². The fourth-order valence-corrected chi connectivity index (χ4v) is 5.22. The van der Waals surface area contributed by atoms with Crippen LogP contribution in [0.3, 0.4) is 0 Å². The van der Waals surface area contributed by atoms with Crippen molar-refractivity contribution < 1.29 is 22.7 Å². The highest BCUT2D eigenvalue weighted by Crippen LogP contribution is 2.24. The largest absolute Gasteiger partial charge is 0.497 e. The van der Waals surface area contributed by atoms with Crippen molar-refractivity contribution in [2.24, 2.45) is 0 Å². The molecule has 0 spiro atoms. The molecule has 1 N–H and O–H groups in total. The Kier molecular flexibility index (Phi) is 9.71. The molecule has 0 aromatic heterocycles. The first kappa shape index (κ1) is 28.2. The number of anilines is 1. The molecule has 0 aliphatic heterocycles.